The van der Waals surface area contributed by atoms with Gasteiger partial charge in [-0.05, 0) is 13.0 Å². The number of carbonyl (C=O) groups is 2. The van der Waals surface area contributed by atoms with Gasteiger partial charge in [0, 0.05) is 57.7 Å². The first kappa shape index (κ1) is 18.1. The Labute approximate surface area is 151 Å². The van der Waals surface area contributed by atoms with Crippen molar-refractivity contribution in [3.05, 3.63) is 35.4 Å². The lowest BCUT2D eigenvalue weighted by atomic mass is 10.2. The minimum absolute atomic E-state index is 0.0554. The standard InChI is InChI=1S/C17H24N6O3/c1-13-14(11-20(2)19-13)12-21-7-9-22(10-8-21)17(26)15-3-5-18-23(15)6-4-16(24)25/h3,5,11H,4,6-10,12H2,1-2H3,(H,24,25). The fraction of sp³-hybridized carbons (Fsp3) is 0.529. The second-order valence-electron chi connectivity index (χ2n) is 6.57. The Morgan fingerprint density at radius 2 is 1.96 bits per heavy atom. The molecule has 0 unspecified atom stereocenters. The van der Waals surface area contributed by atoms with Crippen LogP contribution in [0.4, 0.5) is 0 Å². The maximum Gasteiger partial charge on any atom is 0.305 e. The lowest BCUT2D eigenvalue weighted by Gasteiger charge is -2.34. The SMILES string of the molecule is Cc1nn(C)cc1CN1CCN(C(=O)c2ccnn2CCC(=O)O)CC1. The highest BCUT2D eigenvalue weighted by atomic mass is 16.4. The van der Waals surface area contributed by atoms with E-state index < -0.39 is 5.97 Å². The summed E-state index contributed by atoms with van der Waals surface area (Å²) in [6.45, 7) is 5.91. The molecule has 0 saturated carbocycles. The molecule has 2 aromatic heterocycles. The quantitative estimate of drug-likeness (QED) is 0.799. The first-order chi connectivity index (χ1) is 12.4. The van der Waals surface area contributed by atoms with E-state index in [9.17, 15) is 9.59 Å². The molecule has 26 heavy (non-hydrogen) atoms. The number of carboxylic acids is 1. The minimum Gasteiger partial charge on any atom is -0.481 e. The van der Waals surface area contributed by atoms with E-state index in [0.717, 1.165) is 25.3 Å². The number of aliphatic carboxylic acids is 1. The van der Waals surface area contributed by atoms with E-state index in [1.807, 2.05) is 24.9 Å². The molecule has 0 aliphatic carbocycles. The summed E-state index contributed by atoms with van der Waals surface area (Å²) >= 11 is 0. The maximum absolute atomic E-state index is 12.7. The van der Waals surface area contributed by atoms with E-state index in [-0.39, 0.29) is 18.9 Å². The van der Waals surface area contributed by atoms with Crippen molar-refractivity contribution in [2.24, 2.45) is 7.05 Å². The summed E-state index contributed by atoms with van der Waals surface area (Å²) < 4.78 is 3.30. The van der Waals surface area contributed by atoms with Gasteiger partial charge in [0.2, 0.25) is 0 Å². The summed E-state index contributed by atoms with van der Waals surface area (Å²) in [5.74, 6) is -0.997. The van der Waals surface area contributed by atoms with Gasteiger partial charge < -0.3 is 10.0 Å². The number of rotatable bonds is 6. The number of hydrogen-bond acceptors (Lipinski definition) is 5. The lowest BCUT2D eigenvalue weighted by Crippen LogP contribution is -2.48. The smallest absolute Gasteiger partial charge is 0.305 e. The van der Waals surface area contributed by atoms with E-state index in [2.05, 4.69) is 15.1 Å². The third-order valence-corrected chi connectivity index (χ3v) is 4.64. The fourth-order valence-corrected chi connectivity index (χ4v) is 3.21. The summed E-state index contributed by atoms with van der Waals surface area (Å²) in [6, 6.07) is 1.65. The van der Waals surface area contributed by atoms with Crippen LogP contribution >= 0.6 is 0 Å². The molecule has 0 aromatic carbocycles. The molecular formula is C17H24N6O3. The van der Waals surface area contributed by atoms with Gasteiger partial charge in [-0.25, -0.2) is 0 Å². The number of aromatic nitrogens is 4. The Morgan fingerprint density at radius 1 is 1.23 bits per heavy atom. The molecule has 3 heterocycles. The van der Waals surface area contributed by atoms with E-state index in [0.29, 0.717) is 18.8 Å². The third-order valence-electron chi connectivity index (χ3n) is 4.64. The van der Waals surface area contributed by atoms with Crippen LogP contribution in [-0.2, 0) is 24.9 Å². The number of amides is 1. The Bertz CT molecular complexity index is 788. The van der Waals surface area contributed by atoms with Gasteiger partial charge in [-0.1, -0.05) is 0 Å². The zero-order valence-electron chi connectivity index (χ0n) is 15.1. The molecule has 0 spiro atoms. The van der Waals surface area contributed by atoms with Crippen molar-refractivity contribution in [3.8, 4) is 0 Å². The molecule has 1 N–H and O–H groups in total. The highest BCUT2D eigenvalue weighted by Crippen LogP contribution is 2.13. The normalized spacial score (nSPS) is 15.4. The number of carboxylic acid groups (broad SMARTS) is 1. The topological polar surface area (TPSA) is 96.5 Å². The molecular weight excluding hydrogens is 336 g/mol. The van der Waals surface area contributed by atoms with E-state index in [1.54, 1.807) is 11.0 Å². The first-order valence-corrected chi connectivity index (χ1v) is 8.68. The fourth-order valence-electron chi connectivity index (χ4n) is 3.21. The van der Waals surface area contributed by atoms with E-state index in [4.69, 9.17) is 5.11 Å². The number of carbonyl (C=O) groups excluding carboxylic acids is 1. The van der Waals surface area contributed by atoms with Gasteiger partial charge in [0.15, 0.2) is 0 Å². The van der Waals surface area contributed by atoms with Crippen LogP contribution in [0, 0.1) is 6.92 Å². The molecule has 1 fully saturated rings. The zero-order chi connectivity index (χ0) is 18.7. The van der Waals surface area contributed by atoms with Crippen LogP contribution in [-0.4, -0.2) is 72.5 Å². The van der Waals surface area contributed by atoms with Crippen LogP contribution in [0.1, 0.15) is 28.2 Å². The predicted octanol–water partition coefficient (Wildman–Crippen LogP) is 0.358. The zero-order valence-corrected chi connectivity index (χ0v) is 15.1. The van der Waals surface area contributed by atoms with Crippen LogP contribution < -0.4 is 0 Å². The van der Waals surface area contributed by atoms with Gasteiger partial charge in [-0.15, -0.1) is 0 Å². The molecule has 1 saturated heterocycles. The molecule has 1 amide bonds. The summed E-state index contributed by atoms with van der Waals surface area (Å²) in [5, 5.41) is 17.3. The number of aryl methyl sites for hydroxylation is 3. The molecule has 140 valence electrons. The van der Waals surface area contributed by atoms with Crippen molar-refractivity contribution in [3.63, 3.8) is 0 Å². The molecule has 1 aliphatic heterocycles. The van der Waals surface area contributed by atoms with Gasteiger partial charge in [-0.3, -0.25) is 23.9 Å². The van der Waals surface area contributed by atoms with Crippen LogP contribution in [0.5, 0.6) is 0 Å². The van der Waals surface area contributed by atoms with Crippen molar-refractivity contribution < 1.29 is 14.7 Å². The van der Waals surface area contributed by atoms with Crippen molar-refractivity contribution >= 4 is 11.9 Å². The molecule has 1 aliphatic rings. The van der Waals surface area contributed by atoms with Gasteiger partial charge in [0.25, 0.3) is 5.91 Å². The average molecular weight is 360 g/mol. The van der Waals surface area contributed by atoms with E-state index in [1.165, 1.54) is 16.4 Å². The molecule has 0 radical (unpaired) electrons. The molecule has 3 rings (SSSR count). The summed E-state index contributed by atoms with van der Waals surface area (Å²) in [7, 11) is 1.92. The monoisotopic (exact) mass is 360 g/mol. The van der Waals surface area contributed by atoms with Crippen LogP contribution in [0.2, 0.25) is 0 Å². The summed E-state index contributed by atoms with van der Waals surface area (Å²) in [4.78, 5) is 27.6. The Kier molecular flexibility index (Phi) is 5.36. The van der Waals surface area contributed by atoms with Crippen molar-refractivity contribution in [1.82, 2.24) is 29.4 Å². The highest BCUT2D eigenvalue weighted by molar-refractivity contribution is 5.92. The lowest BCUT2D eigenvalue weighted by molar-refractivity contribution is -0.137. The molecule has 9 nitrogen and oxygen atoms in total. The Hall–Kier alpha value is -2.68. The summed E-state index contributed by atoms with van der Waals surface area (Å²) in [6.07, 6.45) is 3.52. The van der Waals surface area contributed by atoms with Crippen LogP contribution in [0.25, 0.3) is 0 Å². The molecule has 2 aromatic rings. The predicted molar refractivity (Wildman–Crippen MR) is 93.6 cm³/mol. The van der Waals surface area contributed by atoms with Crippen LogP contribution in [0.3, 0.4) is 0 Å². The van der Waals surface area contributed by atoms with Crippen molar-refractivity contribution in [2.75, 3.05) is 26.2 Å². The largest absolute Gasteiger partial charge is 0.481 e. The maximum atomic E-state index is 12.7. The number of nitrogens with zero attached hydrogens (tertiary/aromatic N) is 6. The van der Waals surface area contributed by atoms with Gasteiger partial charge >= 0.3 is 5.97 Å². The second kappa shape index (κ2) is 7.69. The van der Waals surface area contributed by atoms with Gasteiger partial charge in [-0.2, -0.15) is 10.2 Å². The molecule has 0 bridgehead atoms. The number of piperazine rings is 1. The Morgan fingerprint density at radius 3 is 2.58 bits per heavy atom. The average Bonchev–Trinajstić information content (AvgIpc) is 3.19. The highest BCUT2D eigenvalue weighted by Gasteiger charge is 2.25. The van der Waals surface area contributed by atoms with Crippen molar-refractivity contribution in [1.29, 1.82) is 0 Å². The van der Waals surface area contributed by atoms with Crippen molar-refractivity contribution in [2.45, 2.75) is 26.4 Å². The third kappa shape index (κ3) is 4.10. The minimum atomic E-state index is -0.904. The number of hydrogen-bond donors (Lipinski definition) is 1. The molecule has 0 atom stereocenters. The van der Waals surface area contributed by atoms with Gasteiger partial charge in [0.1, 0.15) is 5.69 Å². The van der Waals surface area contributed by atoms with Gasteiger partial charge in [0.05, 0.1) is 18.7 Å². The van der Waals surface area contributed by atoms with Crippen LogP contribution in [0.15, 0.2) is 18.5 Å². The Balaban J connectivity index is 1.56. The second-order valence-corrected chi connectivity index (χ2v) is 6.57. The first-order valence-electron chi connectivity index (χ1n) is 8.68. The summed E-state index contributed by atoms with van der Waals surface area (Å²) in [5.41, 5.74) is 2.69. The van der Waals surface area contributed by atoms with E-state index >= 15 is 0 Å². The molecule has 9 heteroatoms.